The second-order valence-corrected chi connectivity index (χ2v) is 9.20. The Hall–Kier alpha value is -3.19. The first-order chi connectivity index (χ1) is 16.0. The van der Waals surface area contributed by atoms with E-state index in [0.717, 1.165) is 30.6 Å². The van der Waals surface area contributed by atoms with Crippen molar-refractivity contribution in [2.75, 3.05) is 12.0 Å². The van der Waals surface area contributed by atoms with Crippen molar-refractivity contribution in [3.63, 3.8) is 0 Å². The summed E-state index contributed by atoms with van der Waals surface area (Å²) in [7, 11) is 1.56. The van der Waals surface area contributed by atoms with Gasteiger partial charge in [-0.1, -0.05) is 31.0 Å². The van der Waals surface area contributed by atoms with E-state index >= 15 is 0 Å². The minimum atomic E-state index is -0.918. The number of hydrogen-bond donors (Lipinski definition) is 1. The molecule has 1 aromatic heterocycles. The first kappa shape index (κ1) is 23.0. The number of anilines is 1. The molecule has 3 aromatic rings. The smallest absolute Gasteiger partial charge is 0.248 e. The van der Waals surface area contributed by atoms with Gasteiger partial charge in [-0.25, -0.2) is 4.39 Å². The van der Waals surface area contributed by atoms with Gasteiger partial charge in [-0.3, -0.25) is 14.5 Å². The summed E-state index contributed by atoms with van der Waals surface area (Å²) in [6.07, 6.45) is 4.15. The standard InChI is InChI=1S/C26H27FN2O3S/c1-32-22-9-4-6-18(16-22)25(26(31)28-20-7-2-3-8-20)29(21-13-11-19(27)12-14-21)24(30)17-23-10-5-15-33-23/h4-6,9-16,20,25H,2-3,7-8,17H2,1H3,(H,28,31)/t25-/m0/s1. The maximum Gasteiger partial charge on any atom is 0.248 e. The van der Waals surface area contributed by atoms with Crippen LogP contribution in [0.4, 0.5) is 10.1 Å². The van der Waals surface area contributed by atoms with Crippen LogP contribution >= 0.6 is 11.3 Å². The summed E-state index contributed by atoms with van der Waals surface area (Å²) in [6, 6.07) is 15.8. The van der Waals surface area contributed by atoms with Crippen LogP contribution in [0, 0.1) is 5.82 Å². The van der Waals surface area contributed by atoms with Gasteiger partial charge >= 0.3 is 0 Å². The second kappa shape index (κ2) is 10.6. The number of halogens is 1. The Bertz CT molecular complexity index is 1080. The van der Waals surface area contributed by atoms with Gasteiger partial charge in [0.1, 0.15) is 17.6 Å². The molecule has 7 heteroatoms. The lowest BCUT2D eigenvalue weighted by molar-refractivity contribution is -0.127. The molecule has 1 saturated carbocycles. The summed E-state index contributed by atoms with van der Waals surface area (Å²) >= 11 is 1.49. The van der Waals surface area contributed by atoms with Crippen LogP contribution in [-0.4, -0.2) is 25.0 Å². The van der Waals surface area contributed by atoms with Gasteiger partial charge in [-0.15, -0.1) is 11.3 Å². The molecule has 1 fully saturated rings. The van der Waals surface area contributed by atoms with Crippen LogP contribution in [-0.2, 0) is 16.0 Å². The average molecular weight is 467 g/mol. The molecule has 0 saturated heterocycles. The van der Waals surface area contributed by atoms with E-state index in [1.165, 1.54) is 40.5 Å². The number of benzene rings is 2. The molecule has 172 valence electrons. The number of rotatable bonds is 8. The number of ether oxygens (including phenoxy) is 1. The van der Waals surface area contributed by atoms with E-state index in [0.29, 0.717) is 17.0 Å². The predicted molar refractivity (Wildman–Crippen MR) is 128 cm³/mol. The van der Waals surface area contributed by atoms with Crippen LogP contribution < -0.4 is 15.0 Å². The van der Waals surface area contributed by atoms with Gasteiger partial charge in [0.05, 0.1) is 13.5 Å². The highest BCUT2D eigenvalue weighted by Gasteiger charge is 2.34. The van der Waals surface area contributed by atoms with Crippen molar-refractivity contribution >= 4 is 28.8 Å². The fourth-order valence-corrected chi connectivity index (χ4v) is 4.96. The number of thiophene rings is 1. The number of methoxy groups -OCH3 is 1. The second-order valence-electron chi connectivity index (χ2n) is 8.17. The molecule has 4 rings (SSSR count). The number of nitrogens with one attached hydrogen (secondary N) is 1. The fraction of sp³-hybridized carbons (Fsp3) is 0.308. The van der Waals surface area contributed by atoms with E-state index in [-0.39, 0.29) is 24.3 Å². The highest BCUT2D eigenvalue weighted by Crippen LogP contribution is 2.32. The van der Waals surface area contributed by atoms with Crippen LogP contribution in [0.2, 0.25) is 0 Å². The minimum absolute atomic E-state index is 0.0908. The van der Waals surface area contributed by atoms with Gasteiger partial charge in [0.25, 0.3) is 0 Å². The van der Waals surface area contributed by atoms with Crippen molar-refractivity contribution in [2.45, 2.75) is 44.2 Å². The quantitative estimate of drug-likeness (QED) is 0.492. The Morgan fingerprint density at radius 1 is 1.12 bits per heavy atom. The topological polar surface area (TPSA) is 58.6 Å². The first-order valence-corrected chi connectivity index (χ1v) is 12.0. The minimum Gasteiger partial charge on any atom is -0.497 e. The molecule has 33 heavy (non-hydrogen) atoms. The zero-order valence-electron chi connectivity index (χ0n) is 18.5. The number of amides is 2. The van der Waals surface area contributed by atoms with E-state index in [9.17, 15) is 14.0 Å². The van der Waals surface area contributed by atoms with Gasteiger partial charge in [0.15, 0.2) is 0 Å². The SMILES string of the molecule is COc1cccc([C@@H](C(=O)NC2CCCC2)N(C(=O)Cc2cccs2)c2ccc(F)cc2)c1. The van der Waals surface area contributed by atoms with Gasteiger partial charge in [0.2, 0.25) is 11.8 Å². The monoisotopic (exact) mass is 466 g/mol. The fourth-order valence-electron chi connectivity index (χ4n) is 4.27. The van der Waals surface area contributed by atoms with Crippen LogP contribution in [0.1, 0.15) is 42.2 Å². The molecule has 0 unspecified atom stereocenters. The molecule has 0 radical (unpaired) electrons. The molecule has 1 heterocycles. The Balaban J connectivity index is 1.77. The van der Waals surface area contributed by atoms with Crippen molar-refractivity contribution in [3.05, 3.63) is 82.3 Å². The highest BCUT2D eigenvalue weighted by atomic mass is 32.1. The molecule has 1 N–H and O–H groups in total. The Kier molecular flexibility index (Phi) is 7.40. The maximum atomic E-state index is 13.7. The molecular formula is C26H27FN2O3S. The molecule has 0 spiro atoms. The normalized spacial score (nSPS) is 14.6. The molecule has 1 aliphatic carbocycles. The summed E-state index contributed by atoms with van der Waals surface area (Å²) in [5.74, 6) is -0.300. The third-order valence-electron chi connectivity index (χ3n) is 5.90. The third-order valence-corrected chi connectivity index (χ3v) is 6.77. The lowest BCUT2D eigenvalue weighted by atomic mass is 10.0. The van der Waals surface area contributed by atoms with E-state index in [2.05, 4.69) is 5.32 Å². The number of carbonyl (C=O) groups is 2. The van der Waals surface area contributed by atoms with Gasteiger partial charge in [-0.05, 0) is 66.2 Å². The van der Waals surface area contributed by atoms with Crippen molar-refractivity contribution in [1.82, 2.24) is 5.32 Å². The van der Waals surface area contributed by atoms with E-state index in [1.54, 1.807) is 25.3 Å². The lowest BCUT2D eigenvalue weighted by Gasteiger charge is -2.32. The first-order valence-electron chi connectivity index (χ1n) is 11.1. The molecule has 1 atom stereocenters. The number of nitrogens with zero attached hydrogens (tertiary/aromatic N) is 1. The molecular weight excluding hydrogens is 439 g/mol. The van der Waals surface area contributed by atoms with Gasteiger partial charge in [0, 0.05) is 16.6 Å². The molecule has 5 nitrogen and oxygen atoms in total. The average Bonchev–Trinajstić information content (AvgIpc) is 3.52. The van der Waals surface area contributed by atoms with Crippen molar-refractivity contribution in [2.24, 2.45) is 0 Å². The molecule has 2 amide bonds. The summed E-state index contributed by atoms with van der Waals surface area (Å²) in [5, 5.41) is 5.06. The van der Waals surface area contributed by atoms with Crippen LogP contribution in [0.25, 0.3) is 0 Å². The zero-order valence-corrected chi connectivity index (χ0v) is 19.3. The molecule has 1 aliphatic rings. The molecule has 0 bridgehead atoms. The lowest BCUT2D eigenvalue weighted by Crippen LogP contribution is -2.46. The van der Waals surface area contributed by atoms with Crippen LogP contribution in [0.3, 0.4) is 0 Å². The predicted octanol–water partition coefficient (Wildman–Crippen LogP) is 5.27. The van der Waals surface area contributed by atoms with E-state index in [1.807, 2.05) is 23.6 Å². The van der Waals surface area contributed by atoms with E-state index in [4.69, 9.17) is 4.74 Å². The third kappa shape index (κ3) is 5.60. The summed E-state index contributed by atoms with van der Waals surface area (Å²) < 4.78 is 19.1. The largest absolute Gasteiger partial charge is 0.497 e. The maximum absolute atomic E-state index is 13.7. The number of carbonyl (C=O) groups excluding carboxylic acids is 2. The highest BCUT2D eigenvalue weighted by molar-refractivity contribution is 7.10. The molecule has 2 aromatic carbocycles. The van der Waals surface area contributed by atoms with Crippen LogP contribution in [0.15, 0.2) is 66.0 Å². The Labute approximate surface area is 197 Å². The zero-order chi connectivity index (χ0) is 23.2. The van der Waals surface area contributed by atoms with Gasteiger partial charge in [-0.2, -0.15) is 0 Å². The van der Waals surface area contributed by atoms with Crippen molar-refractivity contribution < 1.29 is 18.7 Å². The van der Waals surface area contributed by atoms with Gasteiger partial charge < -0.3 is 10.1 Å². The Morgan fingerprint density at radius 2 is 1.88 bits per heavy atom. The molecule has 0 aliphatic heterocycles. The Morgan fingerprint density at radius 3 is 2.55 bits per heavy atom. The van der Waals surface area contributed by atoms with Crippen molar-refractivity contribution in [3.8, 4) is 5.75 Å². The summed E-state index contributed by atoms with van der Waals surface area (Å²) in [6.45, 7) is 0. The van der Waals surface area contributed by atoms with Crippen molar-refractivity contribution in [1.29, 1.82) is 0 Å². The summed E-state index contributed by atoms with van der Waals surface area (Å²) in [4.78, 5) is 29.7. The summed E-state index contributed by atoms with van der Waals surface area (Å²) in [5.41, 5.74) is 1.10. The van der Waals surface area contributed by atoms with E-state index < -0.39 is 11.9 Å². The van der Waals surface area contributed by atoms with Crippen LogP contribution in [0.5, 0.6) is 5.75 Å². The number of hydrogen-bond acceptors (Lipinski definition) is 4.